The molecule has 84 valence electrons. The molecule has 0 amide bonds. The molecule has 0 saturated heterocycles. The van der Waals surface area contributed by atoms with Crippen LogP contribution >= 0.6 is 0 Å². The normalized spacial score (nSPS) is 27.3. The number of nitrogens with zero attached hydrogens (tertiary/aromatic N) is 4. The summed E-state index contributed by atoms with van der Waals surface area (Å²) >= 11 is 0. The molecule has 0 radical (unpaired) electrons. The van der Waals surface area contributed by atoms with E-state index in [4.69, 9.17) is 0 Å². The van der Waals surface area contributed by atoms with Crippen LogP contribution in [0.3, 0.4) is 0 Å². The van der Waals surface area contributed by atoms with Gasteiger partial charge in [-0.05, 0) is 35.6 Å². The van der Waals surface area contributed by atoms with Crippen LogP contribution in [0, 0.1) is 5.92 Å². The summed E-state index contributed by atoms with van der Waals surface area (Å²) in [6.45, 7) is 2.34. The minimum atomic E-state index is 0.541. The topological polar surface area (TPSA) is 55.6 Å². The Kier molecular flexibility index (Phi) is 3.18. The number of rotatable bonds is 2. The summed E-state index contributed by atoms with van der Waals surface area (Å²) < 4.78 is 1.69. The number of aryl methyl sites for hydroxylation is 1. The highest BCUT2D eigenvalue weighted by molar-refractivity contribution is 5.23. The van der Waals surface area contributed by atoms with Crippen molar-refractivity contribution < 1.29 is 0 Å². The van der Waals surface area contributed by atoms with E-state index in [1.165, 1.54) is 32.1 Å². The molecule has 1 aromatic heterocycles. The number of nitrogens with one attached hydrogen (secondary N) is 1. The fraction of sp³-hybridized carbons (Fsp3) is 0.900. The van der Waals surface area contributed by atoms with Crippen LogP contribution in [0.4, 0.5) is 5.95 Å². The van der Waals surface area contributed by atoms with Crippen molar-refractivity contribution in [1.82, 2.24) is 20.2 Å². The first-order valence-electron chi connectivity index (χ1n) is 5.74. The molecule has 0 aromatic carbocycles. The van der Waals surface area contributed by atoms with E-state index in [0.717, 1.165) is 11.9 Å². The minimum absolute atomic E-state index is 0.541. The van der Waals surface area contributed by atoms with E-state index < -0.39 is 0 Å². The van der Waals surface area contributed by atoms with Gasteiger partial charge >= 0.3 is 0 Å². The Morgan fingerprint density at radius 2 is 2.13 bits per heavy atom. The molecule has 1 aliphatic rings. The van der Waals surface area contributed by atoms with Crippen molar-refractivity contribution in [2.75, 3.05) is 5.32 Å². The van der Waals surface area contributed by atoms with Crippen molar-refractivity contribution >= 4 is 5.95 Å². The lowest BCUT2D eigenvalue weighted by atomic mass is 10.0. The summed E-state index contributed by atoms with van der Waals surface area (Å²) in [4.78, 5) is 0. The Hall–Kier alpha value is -1.13. The van der Waals surface area contributed by atoms with Crippen molar-refractivity contribution in [3.05, 3.63) is 0 Å². The molecule has 1 heterocycles. The predicted molar refractivity (Wildman–Crippen MR) is 58.5 cm³/mol. The Bertz CT molecular complexity index is 309. The fourth-order valence-electron chi connectivity index (χ4n) is 2.17. The predicted octanol–water partition coefficient (Wildman–Crippen LogP) is 1.59. The van der Waals surface area contributed by atoms with E-state index in [1.54, 1.807) is 4.68 Å². The van der Waals surface area contributed by atoms with Gasteiger partial charge in [-0.3, -0.25) is 0 Å². The molecular formula is C10H19N5. The molecule has 15 heavy (non-hydrogen) atoms. The lowest BCUT2D eigenvalue weighted by molar-refractivity contribution is 0.501. The van der Waals surface area contributed by atoms with Crippen molar-refractivity contribution in [2.24, 2.45) is 13.0 Å². The fourth-order valence-corrected chi connectivity index (χ4v) is 2.17. The second-order valence-corrected chi connectivity index (χ2v) is 4.58. The third-order valence-corrected chi connectivity index (χ3v) is 3.21. The third kappa shape index (κ3) is 2.67. The number of anilines is 1. The van der Waals surface area contributed by atoms with Gasteiger partial charge in [0.15, 0.2) is 0 Å². The first-order chi connectivity index (χ1) is 7.25. The van der Waals surface area contributed by atoms with E-state index in [2.05, 4.69) is 27.8 Å². The smallest absolute Gasteiger partial charge is 0.242 e. The highest BCUT2D eigenvalue weighted by Gasteiger charge is 2.17. The third-order valence-electron chi connectivity index (χ3n) is 3.21. The van der Waals surface area contributed by atoms with Gasteiger partial charge in [0.25, 0.3) is 0 Å². The maximum absolute atomic E-state index is 3.95. The van der Waals surface area contributed by atoms with E-state index in [-0.39, 0.29) is 0 Å². The average molecular weight is 209 g/mol. The van der Waals surface area contributed by atoms with Crippen molar-refractivity contribution in [2.45, 2.75) is 45.1 Å². The Morgan fingerprint density at radius 3 is 2.87 bits per heavy atom. The lowest BCUT2D eigenvalue weighted by Gasteiger charge is -2.15. The molecule has 1 N–H and O–H groups in total. The summed E-state index contributed by atoms with van der Waals surface area (Å²) in [6, 6.07) is 0.541. The SMILES string of the molecule is CC1CCCC(Nc2nnnn2C)CC1. The second-order valence-electron chi connectivity index (χ2n) is 4.58. The number of aromatic nitrogens is 4. The van der Waals surface area contributed by atoms with E-state index >= 15 is 0 Å². The Labute approximate surface area is 90.2 Å². The van der Waals surface area contributed by atoms with Crippen LogP contribution in [0.2, 0.25) is 0 Å². The Morgan fingerprint density at radius 1 is 1.27 bits per heavy atom. The van der Waals surface area contributed by atoms with Gasteiger partial charge in [0, 0.05) is 13.1 Å². The van der Waals surface area contributed by atoms with E-state index in [1.807, 2.05) is 7.05 Å². The maximum Gasteiger partial charge on any atom is 0.242 e. The standard InChI is InChI=1S/C10H19N5/c1-8-4-3-5-9(7-6-8)11-10-12-13-14-15(10)2/h8-9H,3-7H2,1-2H3,(H,11,12,14). The van der Waals surface area contributed by atoms with Crippen LogP contribution in [0.25, 0.3) is 0 Å². The summed E-state index contributed by atoms with van der Waals surface area (Å²) in [7, 11) is 1.86. The first kappa shape index (κ1) is 10.4. The lowest BCUT2D eigenvalue weighted by Crippen LogP contribution is -2.20. The highest BCUT2D eigenvalue weighted by atomic mass is 15.6. The molecule has 2 unspecified atom stereocenters. The second kappa shape index (κ2) is 4.59. The van der Waals surface area contributed by atoms with Crippen LogP contribution < -0.4 is 5.32 Å². The van der Waals surface area contributed by atoms with Gasteiger partial charge in [0.1, 0.15) is 0 Å². The summed E-state index contributed by atoms with van der Waals surface area (Å²) in [5.74, 6) is 1.66. The molecular weight excluding hydrogens is 190 g/mol. The van der Waals surface area contributed by atoms with E-state index in [9.17, 15) is 0 Å². The summed E-state index contributed by atoms with van der Waals surface area (Å²) in [5, 5.41) is 14.8. The van der Waals surface area contributed by atoms with Crippen LogP contribution in [0.15, 0.2) is 0 Å². The van der Waals surface area contributed by atoms with Gasteiger partial charge in [0.2, 0.25) is 5.95 Å². The van der Waals surface area contributed by atoms with Crippen molar-refractivity contribution in [3.8, 4) is 0 Å². The van der Waals surface area contributed by atoms with Gasteiger partial charge in [0.05, 0.1) is 0 Å². The number of hydrogen-bond acceptors (Lipinski definition) is 4. The van der Waals surface area contributed by atoms with Crippen LogP contribution in [0.5, 0.6) is 0 Å². The van der Waals surface area contributed by atoms with Gasteiger partial charge in [-0.1, -0.05) is 24.9 Å². The number of tetrazole rings is 1. The average Bonchev–Trinajstić information content (AvgIpc) is 2.48. The zero-order valence-electron chi connectivity index (χ0n) is 9.48. The zero-order valence-corrected chi connectivity index (χ0v) is 9.48. The molecule has 5 heteroatoms. The molecule has 1 saturated carbocycles. The van der Waals surface area contributed by atoms with Crippen molar-refractivity contribution in [1.29, 1.82) is 0 Å². The van der Waals surface area contributed by atoms with Gasteiger partial charge < -0.3 is 5.32 Å². The quantitative estimate of drug-likeness (QED) is 0.751. The van der Waals surface area contributed by atoms with Crippen LogP contribution in [0.1, 0.15) is 39.0 Å². The molecule has 0 aliphatic heterocycles. The van der Waals surface area contributed by atoms with Gasteiger partial charge in [-0.2, -0.15) is 0 Å². The highest BCUT2D eigenvalue weighted by Crippen LogP contribution is 2.24. The zero-order chi connectivity index (χ0) is 10.7. The monoisotopic (exact) mass is 209 g/mol. The number of hydrogen-bond donors (Lipinski definition) is 1. The molecule has 5 nitrogen and oxygen atoms in total. The van der Waals surface area contributed by atoms with Crippen LogP contribution in [-0.2, 0) is 7.05 Å². The largest absolute Gasteiger partial charge is 0.350 e. The van der Waals surface area contributed by atoms with Gasteiger partial charge in [-0.25, -0.2) is 4.68 Å². The molecule has 0 bridgehead atoms. The first-order valence-corrected chi connectivity index (χ1v) is 5.74. The summed E-state index contributed by atoms with van der Waals surface area (Å²) in [6.07, 6.45) is 6.44. The minimum Gasteiger partial charge on any atom is -0.350 e. The molecule has 2 atom stereocenters. The maximum atomic E-state index is 3.95. The molecule has 0 spiro atoms. The van der Waals surface area contributed by atoms with Crippen LogP contribution in [-0.4, -0.2) is 26.2 Å². The Balaban J connectivity index is 1.92. The van der Waals surface area contributed by atoms with E-state index in [0.29, 0.717) is 6.04 Å². The molecule has 1 aliphatic carbocycles. The molecule has 2 rings (SSSR count). The summed E-state index contributed by atoms with van der Waals surface area (Å²) in [5.41, 5.74) is 0. The van der Waals surface area contributed by atoms with Crippen molar-refractivity contribution in [3.63, 3.8) is 0 Å². The molecule has 1 aromatic rings. The van der Waals surface area contributed by atoms with Gasteiger partial charge in [-0.15, -0.1) is 0 Å². The molecule has 1 fully saturated rings.